The molecule has 0 saturated heterocycles. The van der Waals surface area contributed by atoms with E-state index in [0.29, 0.717) is 25.0 Å². The molecule has 1 aliphatic rings. The van der Waals surface area contributed by atoms with Crippen molar-refractivity contribution in [1.29, 1.82) is 0 Å². The molecule has 0 spiro atoms. The van der Waals surface area contributed by atoms with Crippen molar-refractivity contribution in [2.45, 2.75) is 50.4 Å². The molecule has 7 heteroatoms. The predicted molar refractivity (Wildman–Crippen MR) is 89.3 cm³/mol. The summed E-state index contributed by atoms with van der Waals surface area (Å²) in [6.07, 6.45) is 1.63. The van der Waals surface area contributed by atoms with Gasteiger partial charge in [-0.05, 0) is 25.0 Å². The number of hydrogen-bond acceptors (Lipinski definition) is 4. The van der Waals surface area contributed by atoms with Crippen LogP contribution in [0, 0.1) is 0 Å². The maximum absolute atomic E-state index is 12.6. The highest BCUT2D eigenvalue weighted by atomic mass is 35.5. The van der Waals surface area contributed by atoms with Gasteiger partial charge >= 0.3 is 6.16 Å². The Hall–Kier alpha value is -1.95. The van der Waals surface area contributed by atoms with Gasteiger partial charge < -0.3 is 19.9 Å². The fraction of sp³-hybridized carbons (Fsp3) is 0.529. The van der Waals surface area contributed by atoms with Gasteiger partial charge in [-0.3, -0.25) is 4.79 Å². The SMILES string of the molecule is O=C(O)OC1(NC(=O)C(CCCl)Oc2ccccc2)CCCCC1. The first-order valence-corrected chi connectivity index (χ1v) is 8.60. The predicted octanol–water partition coefficient (Wildman–Crippen LogP) is 3.53. The van der Waals surface area contributed by atoms with Crippen LogP contribution in [0.3, 0.4) is 0 Å². The normalized spacial score (nSPS) is 17.5. The van der Waals surface area contributed by atoms with Gasteiger partial charge in [0.2, 0.25) is 0 Å². The van der Waals surface area contributed by atoms with Crippen LogP contribution in [0.4, 0.5) is 4.79 Å². The largest absolute Gasteiger partial charge is 0.507 e. The summed E-state index contributed by atoms with van der Waals surface area (Å²) in [5, 5.41) is 11.7. The van der Waals surface area contributed by atoms with E-state index in [1.54, 1.807) is 24.3 Å². The molecule has 0 aliphatic heterocycles. The highest BCUT2D eigenvalue weighted by molar-refractivity contribution is 6.18. The van der Waals surface area contributed by atoms with Crippen LogP contribution in [0.5, 0.6) is 5.75 Å². The summed E-state index contributed by atoms with van der Waals surface area (Å²) in [6.45, 7) is 0. The van der Waals surface area contributed by atoms with Gasteiger partial charge in [0.05, 0.1) is 0 Å². The molecule has 2 N–H and O–H groups in total. The Bertz CT molecular complexity index is 545. The van der Waals surface area contributed by atoms with Crippen molar-refractivity contribution < 1.29 is 24.2 Å². The second-order valence-electron chi connectivity index (χ2n) is 5.81. The van der Waals surface area contributed by atoms with Gasteiger partial charge in [-0.2, -0.15) is 0 Å². The van der Waals surface area contributed by atoms with Gasteiger partial charge in [0.15, 0.2) is 11.8 Å². The molecule has 1 aromatic carbocycles. The average molecular weight is 356 g/mol. The Morgan fingerprint density at radius 3 is 2.46 bits per heavy atom. The van der Waals surface area contributed by atoms with Crippen LogP contribution in [0.2, 0.25) is 0 Å². The number of para-hydroxylation sites is 1. The summed E-state index contributed by atoms with van der Waals surface area (Å²) in [4.78, 5) is 23.6. The van der Waals surface area contributed by atoms with Gasteiger partial charge in [-0.1, -0.05) is 24.6 Å². The molecule has 1 aliphatic carbocycles. The van der Waals surface area contributed by atoms with Gasteiger partial charge in [0, 0.05) is 25.1 Å². The van der Waals surface area contributed by atoms with Crippen molar-refractivity contribution in [1.82, 2.24) is 5.32 Å². The van der Waals surface area contributed by atoms with Crippen molar-refractivity contribution in [3.63, 3.8) is 0 Å². The molecule has 1 unspecified atom stereocenters. The molecule has 0 heterocycles. The number of halogens is 1. The number of amides is 1. The summed E-state index contributed by atoms with van der Waals surface area (Å²) < 4.78 is 10.7. The number of ether oxygens (including phenoxy) is 2. The van der Waals surface area contributed by atoms with E-state index in [1.165, 1.54) is 0 Å². The van der Waals surface area contributed by atoms with Gasteiger partial charge in [-0.25, -0.2) is 4.79 Å². The average Bonchev–Trinajstić information content (AvgIpc) is 2.55. The first-order chi connectivity index (χ1) is 11.5. The van der Waals surface area contributed by atoms with E-state index in [2.05, 4.69) is 5.32 Å². The van der Waals surface area contributed by atoms with Crippen LogP contribution < -0.4 is 10.1 Å². The van der Waals surface area contributed by atoms with Gasteiger partial charge in [0.1, 0.15) is 5.75 Å². The zero-order valence-electron chi connectivity index (χ0n) is 13.4. The minimum atomic E-state index is -1.39. The molecule has 1 fully saturated rings. The lowest BCUT2D eigenvalue weighted by Gasteiger charge is -2.37. The van der Waals surface area contributed by atoms with Crippen LogP contribution in [-0.2, 0) is 9.53 Å². The maximum Gasteiger partial charge on any atom is 0.507 e. The van der Waals surface area contributed by atoms with Crippen LogP contribution in [0.1, 0.15) is 38.5 Å². The zero-order chi connectivity index (χ0) is 17.4. The molecule has 0 bridgehead atoms. The number of carbonyl (C=O) groups is 2. The molecule has 1 aromatic rings. The van der Waals surface area contributed by atoms with E-state index < -0.39 is 23.9 Å². The summed E-state index contributed by atoms with van der Waals surface area (Å²) >= 11 is 5.78. The van der Waals surface area contributed by atoms with Crippen molar-refractivity contribution in [2.75, 3.05) is 5.88 Å². The van der Waals surface area contributed by atoms with Crippen LogP contribution in [-0.4, -0.2) is 34.9 Å². The maximum atomic E-state index is 12.6. The van der Waals surface area contributed by atoms with Gasteiger partial charge in [-0.15, -0.1) is 11.6 Å². The van der Waals surface area contributed by atoms with Crippen molar-refractivity contribution in [2.24, 2.45) is 0 Å². The number of carbonyl (C=O) groups excluding carboxylic acids is 1. The summed E-state index contributed by atoms with van der Waals surface area (Å²) in [5.41, 5.74) is -1.17. The Balaban J connectivity index is 2.08. The number of benzene rings is 1. The third-order valence-electron chi connectivity index (χ3n) is 3.98. The molecular weight excluding hydrogens is 334 g/mol. The minimum absolute atomic E-state index is 0.248. The molecule has 1 atom stereocenters. The molecule has 1 amide bonds. The smallest absolute Gasteiger partial charge is 0.481 e. The summed E-state index contributed by atoms with van der Waals surface area (Å²) in [5.74, 6) is 0.389. The molecule has 0 aromatic heterocycles. The standard InChI is InChI=1S/C17H22ClNO5/c18-12-9-14(23-13-7-3-1-4-8-13)15(20)19-17(24-16(21)22)10-5-2-6-11-17/h1,3-4,7-8,14H,2,5-6,9-12H2,(H,19,20)(H,21,22). The lowest BCUT2D eigenvalue weighted by atomic mass is 9.91. The molecular formula is C17H22ClNO5. The minimum Gasteiger partial charge on any atom is -0.481 e. The fourth-order valence-electron chi connectivity index (χ4n) is 2.85. The monoisotopic (exact) mass is 355 g/mol. The summed E-state index contributed by atoms with van der Waals surface area (Å²) in [6, 6.07) is 8.96. The lowest BCUT2D eigenvalue weighted by molar-refractivity contribution is -0.139. The first kappa shape index (κ1) is 18.4. The highest BCUT2D eigenvalue weighted by Gasteiger charge is 2.39. The second-order valence-corrected chi connectivity index (χ2v) is 6.19. The lowest BCUT2D eigenvalue weighted by Crippen LogP contribution is -2.56. The van der Waals surface area contributed by atoms with E-state index in [-0.39, 0.29) is 5.88 Å². The Labute approximate surface area is 146 Å². The fourth-order valence-corrected chi connectivity index (χ4v) is 3.05. The number of carboxylic acid groups (broad SMARTS) is 1. The van der Waals surface area contributed by atoms with Gasteiger partial charge in [0.25, 0.3) is 5.91 Å². The van der Waals surface area contributed by atoms with E-state index in [9.17, 15) is 9.59 Å². The van der Waals surface area contributed by atoms with E-state index >= 15 is 0 Å². The number of rotatable bonds is 7. The molecule has 0 radical (unpaired) electrons. The number of alkyl halides is 1. The third-order valence-corrected chi connectivity index (χ3v) is 4.20. The number of nitrogens with one attached hydrogen (secondary N) is 1. The van der Waals surface area contributed by atoms with Crippen LogP contribution in [0.25, 0.3) is 0 Å². The van der Waals surface area contributed by atoms with Crippen molar-refractivity contribution in [3.8, 4) is 5.75 Å². The van der Waals surface area contributed by atoms with E-state index in [0.717, 1.165) is 19.3 Å². The second kappa shape index (κ2) is 8.78. The topological polar surface area (TPSA) is 84.9 Å². The summed E-state index contributed by atoms with van der Waals surface area (Å²) in [7, 11) is 0. The number of hydrogen-bond donors (Lipinski definition) is 2. The zero-order valence-corrected chi connectivity index (χ0v) is 14.1. The van der Waals surface area contributed by atoms with E-state index in [4.69, 9.17) is 26.2 Å². The van der Waals surface area contributed by atoms with Crippen LogP contribution in [0.15, 0.2) is 30.3 Å². The van der Waals surface area contributed by atoms with E-state index in [1.807, 2.05) is 6.07 Å². The third kappa shape index (κ3) is 5.30. The quantitative estimate of drug-likeness (QED) is 0.444. The van der Waals surface area contributed by atoms with Crippen molar-refractivity contribution in [3.05, 3.63) is 30.3 Å². The Kier molecular flexibility index (Phi) is 6.73. The first-order valence-electron chi connectivity index (χ1n) is 8.06. The Morgan fingerprint density at radius 1 is 1.21 bits per heavy atom. The van der Waals surface area contributed by atoms with Crippen molar-refractivity contribution >= 4 is 23.7 Å². The highest BCUT2D eigenvalue weighted by Crippen LogP contribution is 2.30. The molecule has 24 heavy (non-hydrogen) atoms. The van der Waals surface area contributed by atoms with Crippen LogP contribution >= 0.6 is 11.6 Å². The molecule has 1 saturated carbocycles. The molecule has 132 valence electrons. The molecule has 6 nitrogen and oxygen atoms in total. The Morgan fingerprint density at radius 2 is 1.88 bits per heavy atom. The molecule has 2 rings (SSSR count).